The fourth-order valence-corrected chi connectivity index (χ4v) is 3.23. The summed E-state index contributed by atoms with van der Waals surface area (Å²) in [6, 6.07) is 14.3. The lowest BCUT2D eigenvalue weighted by Crippen LogP contribution is -1.96. The van der Waals surface area contributed by atoms with Crippen molar-refractivity contribution in [3.8, 4) is 5.69 Å². The SMILES string of the molecule is S=c1[nH]c2ccc(Br)cc2n1-c1ccccc1I. The molecule has 2 nitrogen and oxygen atoms in total. The van der Waals surface area contributed by atoms with Crippen molar-refractivity contribution in [2.75, 3.05) is 0 Å². The highest BCUT2D eigenvalue weighted by atomic mass is 127. The van der Waals surface area contributed by atoms with Gasteiger partial charge in [-0.1, -0.05) is 28.1 Å². The Labute approximate surface area is 131 Å². The van der Waals surface area contributed by atoms with Crippen LogP contribution >= 0.6 is 50.7 Å². The maximum absolute atomic E-state index is 5.43. The molecule has 3 rings (SSSR count). The Bertz CT molecular complexity index is 791. The van der Waals surface area contributed by atoms with Crippen molar-refractivity contribution in [2.24, 2.45) is 0 Å². The third kappa shape index (κ3) is 2.04. The highest BCUT2D eigenvalue weighted by Crippen LogP contribution is 2.25. The standard InChI is InChI=1S/C13H8BrIN2S/c14-8-5-6-10-12(7-8)17(13(18)16-10)11-4-2-1-3-9(11)15/h1-7H,(H,16,18). The Kier molecular flexibility index (Phi) is 3.29. The van der Waals surface area contributed by atoms with Crippen LogP contribution in [0.1, 0.15) is 0 Å². The van der Waals surface area contributed by atoms with E-state index in [-0.39, 0.29) is 0 Å². The van der Waals surface area contributed by atoms with Crippen LogP contribution in [0.3, 0.4) is 0 Å². The average molecular weight is 431 g/mol. The lowest BCUT2D eigenvalue weighted by atomic mass is 10.3. The van der Waals surface area contributed by atoms with E-state index in [2.05, 4.69) is 66.3 Å². The minimum Gasteiger partial charge on any atom is -0.330 e. The zero-order valence-electron chi connectivity index (χ0n) is 9.15. The normalized spacial score (nSPS) is 11.0. The second-order valence-electron chi connectivity index (χ2n) is 3.88. The fourth-order valence-electron chi connectivity index (χ4n) is 1.95. The van der Waals surface area contributed by atoms with Gasteiger partial charge in [-0.3, -0.25) is 4.57 Å². The zero-order chi connectivity index (χ0) is 12.7. The molecule has 0 aliphatic carbocycles. The van der Waals surface area contributed by atoms with Gasteiger partial charge < -0.3 is 4.98 Å². The fraction of sp³-hybridized carbons (Fsp3) is 0. The smallest absolute Gasteiger partial charge is 0.182 e. The van der Waals surface area contributed by atoms with Crippen LogP contribution in [0.25, 0.3) is 16.7 Å². The van der Waals surface area contributed by atoms with Gasteiger partial charge in [0.25, 0.3) is 0 Å². The average Bonchev–Trinajstić information content (AvgIpc) is 2.66. The van der Waals surface area contributed by atoms with Gasteiger partial charge in [0.05, 0.1) is 16.7 Å². The zero-order valence-corrected chi connectivity index (χ0v) is 13.7. The molecule has 0 atom stereocenters. The number of nitrogens with zero attached hydrogens (tertiary/aromatic N) is 1. The summed E-state index contributed by atoms with van der Waals surface area (Å²) in [5, 5.41) is 0. The monoisotopic (exact) mass is 430 g/mol. The van der Waals surface area contributed by atoms with E-state index in [1.807, 2.05) is 24.3 Å². The van der Waals surface area contributed by atoms with Crippen LogP contribution in [0.15, 0.2) is 46.9 Å². The first-order chi connectivity index (χ1) is 8.66. The van der Waals surface area contributed by atoms with Crippen molar-refractivity contribution < 1.29 is 0 Å². The topological polar surface area (TPSA) is 20.7 Å². The number of nitrogens with one attached hydrogen (secondary N) is 1. The third-order valence-electron chi connectivity index (χ3n) is 2.74. The summed E-state index contributed by atoms with van der Waals surface area (Å²) in [5.74, 6) is 0. The summed E-state index contributed by atoms with van der Waals surface area (Å²) in [6.07, 6.45) is 0. The van der Waals surface area contributed by atoms with Crippen molar-refractivity contribution in [3.63, 3.8) is 0 Å². The molecule has 2 aromatic carbocycles. The van der Waals surface area contributed by atoms with Crippen LogP contribution in [-0.4, -0.2) is 9.55 Å². The summed E-state index contributed by atoms with van der Waals surface area (Å²) in [6.45, 7) is 0. The molecule has 0 saturated heterocycles. The molecular weight excluding hydrogens is 423 g/mol. The number of hydrogen-bond acceptors (Lipinski definition) is 1. The lowest BCUT2D eigenvalue weighted by Gasteiger charge is -2.07. The van der Waals surface area contributed by atoms with E-state index < -0.39 is 0 Å². The Morgan fingerprint density at radius 1 is 1.17 bits per heavy atom. The van der Waals surface area contributed by atoms with Crippen LogP contribution in [0.5, 0.6) is 0 Å². The molecule has 0 aliphatic heterocycles. The van der Waals surface area contributed by atoms with Gasteiger partial charge in [0.15, 0.2) is 4.77 Å². The van der Waals surface area contributed by atoms with Crippen molar-refractivity contribution in [1.29, 1.82) is 0 Å². The molecule has 0 saturated carbocycles. The molecule has 0 radical (unpaired) electrons. The minimum absolute atomic E-state index is 0.715. The Morgan fingerprint density at radius 2 is 1.94 bits per heavy atom. The quantitative estimate of drug-likeness (QED) is 0.423. The van der Waals surface area contributed by atoms with E-state index in [0.717, 1.165) is 21.2 Å². The molecule has 0 amide bonds. The molecule has 0 fully saturated rings. The number of imidazole rings is 1. The molecule has 90 valence electrons. The van der Waals surface area contributed by atoms with E-state index in [4.69, 9.17) is 12.2 Å². The summed E-state index contributed by atoms with van der Waals surface area (Å²) < 4.78 is 5.00. The predicted molar refractivity (Wildman–Crippen MR) is 88.9 cm³/mol. The Balaban J connectivity index is 2.42. The van der Waals surface area contributed by atoms with Crippen LogP contribution in [0, 0.1) is 8.34 Å². The maximum Gasteiger partial charge on any atom is 0.182 e. The number of halogens is 2. The van der Waals surface area contributed by atoms with Crippen LogP contribution < -0.4 is 0 Å². The van der Waals surface area contributed by atoms with Gasteiger partial charge in [0, 0.05) is 8.04 Å². The van der Waals surface area contributed by atoms with Crippen LogP contribution in [0.4, 0.5) is 0 Å². The first-order valence-electron chi connectivity index (χ1n) is 5.32. The summed E-state index contributed by atoms with van der Waals surface area (Å²) in [4.78, 5) is 3.23. The van der Waals surface area contributed by atoms with Crippen LogP contribution in [-0.2, 0) is 0 Å². The largest absolute Gasteiger partial charge is 0.330 e. The summed E-state index contributed by atoms with van der Waals surface area (Å²) in [7, 11) is 0. The van der Waals surface area contributed by atoms with Gasteiger partial charge in [-0.15, -0.1) is 0 Å². The number of aromatic amines is 1. The van der Waals surface area contributed by atoms with Crippen molar-refractivity contribution >= 4 is 61.8 Å². The number of fused-ring (bicyclic) bond motifs is 1. The molecule has 0 unspecified atom stereocenters. The maximum atomic E-state index is 5.43. The number of rotatable bonds is 1. The highest BCUT2D eigenvalue weighted by Gasteiger charge is 2.09. The molecule has 1 heterocycles. The van der Waals surface area contributed by atoms with E-state index in [1.54, 1.807) is 0 Å². The molecular formula is C13H8BrIN2S. The lowest BCUT2D eigenvalue weighted by molar-refractivity contribution is 1.06. The van der Waals surface area contributed by atoms with E-state index in [9.17, 15) is 0 Å². The Morgan fingerprint density at radius 3 is 2.72 bits per heavy atom. The van der Waals surface area contributed by atoms with E-state index in [0.29, 0.717) is 4.77 Å². The van der Waals surface area contributed by atoms with Gasteiger partial charge in [-0.05, 0) is 65.1 Å². The predicted octanol–water partition coefficient (Wildman–Crippen LogP) is 5.06. The second kappa shape index (κ2) is 4.79. The number of aromatic nitrogens is 2. The molecule has 0 spiro atoms. The van der Waals surface area contributed by atoms with Gasteiger partial charge >= 0.3 is 0 Å². The number of benzene rings is 2. The number of H-pyrrole nitrogens is 1. The van der Waals surface area contributed by atoms with E-state index >= 15 is 0 Å². The van der Waals surface area contributed by atoms with Crippen LogP contribution in [0.2, 0.25) is 0 Å². The number of hydrogen-bond donors (Lipinski definition) is 1. The molecule has 5 heteroatoms. The molecule has 3 aromatic rings. The van der Waals surface area contributed by atoms with Crippen molar-refractivity contribution in [2.45, 2.75) is 0 Å². The highest BCUT2D eigenvalue weighted by molar-refractivity contribution is 14.1. The molecule has 1 aromatic heterocycles. The van der Waals surface area contributed by atoms with Gasteiger partial charge in [-0.2, -0.15) is 0 Å². The molecule has 0 aliphatic rings. The van der Waals surface area contributed by atoms with Crippen molar-refractivity contribution in [1.82, 2.24) is 9.55 Å². The minimum atomic E-state index is 0.715. The van der Waals surface area contributed by atoms with E-state index in [1.165, 1.54) is 3.57 Å². The van der Waals surface area contributed by atoms with Gasteiger partial charge in [-0.25, -0.2) is 0 Å². The van der Waals surface area contributed by atoms with Gasteiger partial charge in [0.1, 0.15) is 0 Å². The first-order valence-corrected chi connectivity index (χ1v) is 7.60. The third-order valence-corrected chi connectivity index (χ3v) is 4.43. The molecule has 1 N–H and O–H groups in total. The molecule has 0 bridgehead atoms. The van der Waals surface area contributed by atoms with Crippen molar-refractivity contribution in [3.05, 3.63) is 55.3 Å². The Hall–Kier alpha value is -0.660. The second-order valence-corrected chi connectivity index (χ2v) is 6.34. The summed E-state index contributed by atoms with van der Waals surface area (Å²) in [5.41, 5.74) is 3.23. The van der Waals surface area contributed by atoms with Gasteiger partial charge in [0.2, 0.25) is 0 Å². The first kappa shape index (κ1) is 12.4. The summed E-state index contributed by atoms with van der Waals surface area (Å²) >= 11 is 11.3. The molecule has 18 heavy (non-hydrogen) atoms. The number of para-hydroxylation sites is 1.